The van der Waals surface area contributed by atoms with E-state index in [4.69, 9.17) is 32.7 Å². The Balaban J connectivity index is 0.00000368. The third-order valence-electron chi connectivity index (χ3n) is 12.0. The van der Waals surface area contributed by atoms with E-state index in [2.05, 4.69) is 12.1 Å². The summed E-state index contributed by atoms with van der Waals surface area (Å²) in [6.07, 6.45) is 13.4. The fraction of sp³-hybridized carbons (Fsp3) is 0.629. The zero-order valence-corrected chi connectivity index (χ0v) is 28.3. The van der Waals surface area contributed by atoms with E-state index in [1.165, 1.54) is 81.0 Å². The second-order valence-electron chi connectivity index (χ2n) is 13.8. The van der Waals surface area contributed by atoms with Gasteiger partial charge in [0.15, 0.2) is 0 Å². The van der Waals surface area contributed by atoms with Gasteiger partial charge in [0, 0.05) is 55.3 Å². The molecule has 236 valence electrons. The number of hydrogen-bond acceptors (Lipinski definition) is 3. The molecule has 4 saturated heterocycles. The van der Waals surface area contributed by atoms with Crippen molar-refractivity contribution in [2.75, 3.05) is 53.5 Å². The number of piperidine rings is 3. The minimum absolute atomic E-state index is 0. The second kappa shape index (κ2) is 13.0. The lowest BCUT2D eigenvalue weighted by atomic mass is 9.59. The minimum atomic E-state index is -0.148. The predicted molar refractivity (Wildman–Crippen MR) is 170 cm³/mol. The highest BCUT2D eigenvalue weighted by molar-refractivity contribution is 6.42. The molecule has 2 aromatic carbocycles. The van der Waals surface area contributed by atoms with Crippen molar-refractivity contribution >= 4 is 29.1 Å². The summed E-state index contributed by atoms with van der Waals surface area (Å²) < 4.78 is 12.4. The van der Waals surface area contributed by atoms with Gasteiger partial charge in [0.05, 0.1) is 50.4 Å². The van der Waals surface area contributed by atoms with Crippen LogP contribution in [0.25, 0.3) is 0 Å². The molecule has 1 atom stereocenters. The molecule has 0 N–H and O–H groups in total. The van der Waals surface area contributed by atoms with Gasteiger partial charge in [-0.2, -0.15) is 0 Å². The number of carbonyl (C=O) groups is 1. The highest BCUT2D eigenvalue weighted by Gasteiger charge is 2.53. The maximum Gasteiger partial charge on any atom is 0.254 e. The summed E-state index contributed by atoms with van der Waals surface area (Å²) in [6, 6.07) is 9.81. The van der Waals surface area contributed by atoms with Crippen molar-refractivity contribution in [1.29, 1.82) is 0 Å². The van der Waals surface area contributed by atoms with Crippen LogP contribution in [0.3, 0.4) is 0 Å². The normalized spacial score (nSPS) is 28.9. The van der Waals surface area contributed by atoms with Gasteiger partial charge >= 0.3 is 0 Å². The van der Waals surface area contributed by atoms with Gasteiger partial charge in [0.1, 0.15) is 11.5 Å². The SMILES string of the molecule is COc1cc(C(=O)N2CCC(CC[N+]34CCC(C5CCCCC5)(CC3)CC4)(c3ccc(Cl)c(Cl)c3)C2)cc(OC)c1C.[Cl-]. The molecule has 4 aliphatic heterocycles. The molecule has 5 nitrogen and oxygen atoms in total. The lowest BCUT2D eigenvalue weighted by Crippen LogP contribution is -3.00. The quantitative estimate of drug-likeness (QED) is 0.375. The van der Waals surface area contributed by atoms with Gasteiger partial charge in [0.2, 0.25) is 0 Å². The van der Waals surface area contributed by atoms with E-state index in [9.17, 15) is 4.79 Å². The number of benzene rings is 2. The molecule has 0 radical (unpaired) electrons. The first-order valence-corrected chi connectivity index (χ1v) is 16.8. The molecule has 8 heteroatoms. The average molecular weight is 650 g/mol. The van der Waals surface area contributed by atoms with Crippen molar-refractivity contribution in [2.45, 2.75) is 76.5 Å². The van der Waals surface area contributed by atoms with Crippen molar-refractivity contribution in [3.05, 3.63) is 57.1 Å². The zero-order valence-electron chi connectivity index (χ0n) is 26.0. The van der Waals surface area contributed by atoms with Gasteiger partial charge in [-0.05, 0) is 67.3 Å². The molecule has 1 aliphatic carbocycles. The van der Waals surface area contributed by atoms with E-state index >= 15 is 0 Å². The summed E-state index contributed by atoms with van der Waals surface area (Å²) in [5, 5.41) is 1.17. The van der Waals surface area contributed by atoms with Crippen molar-refractivity contribution in [1.82, 2.24) is 4.90 Å². The topological polar surface area (TPSA) is 38.8 Å². The number of nitrogens with zero attached hydrogens (tertiary/aromatic N) is 2. The number of fused-ring (bicyclic) bond motifs is 3. The molecule has 2 aromatic rings. The minimum Gasteiger partial charge on any atom is -1.00 e. The van der Waals surface area contributed by atoms with Crippen molar-refractivity contribution in [3.8, 4) is 11.5 Å². The van der Waals surface area contributed by atoms with E-state index in [-0.39, 0.29) is 23.7 Å². The third kappa shape index (κ3) is 6.13. The van der Waals surface area contributed by atoms with Crippen LogP contribution in [0.15, 0.2) is 30.3 Å². The van der Waals surface area contributed by atoms with Crippen LogP contribution in [0, 0.1) is 18.3 Å². The van der Waals surface area contributed by atoms with E-state index < -0.39 is 0 Å². The summed E-state index contributed by atoms with van der Waals surface area (Å²) in [5.74, 6) is 2.32. The third-order valence-corrected chi connectivity index (χ3v) is 12.7. The van der Waals surface area contributed by atoms with E-state index in [1.54, 1.807) is 14.2 Å². The Morgan fingerprint density at radius 3 is 2.14 bits per heavy atom. The smallest absolute Gasteiger partial charge is 0.254 e. The monoisotopic (exact) mass is 648 g/mol. The highest BCUT2D eigenvalue weighted by atomic mass is 35.5. The lowest BCUT2D eigenvalue weighted by Gasteiger charge is -2.58. The first-order valence-electron chi connectivity index (χ1n) is 16.0. The van der Waals surface area contributed by atoms with Crippen LogP contribution in [0.1, 0.15) is 85.7 Å². The zero-order chi connectivity index (χ0) is 29.5. The fourth-order valence-corrected chi connectivity index (χ4v) is 9.35. The Hall–Kier alpha value is -1.66. The summed E-state index contributed by atoms with van der Waals surface area (Å²) in [6.45, 7) is 8.45. The van der Waals surface area contributed by atoms with Crippen LogP contribution in [-0.2, 0) is 5.41 Å². The molecule has 4 heterocycles. The van der Waals surface area contributed by atoms with Gasteiger partial charge < -0.3 is 31.3 Å². The van der Waals surface area contributed by atoms with Crippen molar-refractivity contribution < 1.29 is 31.2 Å². The summed E-state index contributed by atoms with van der Waals surface area (Å²) >= 11 is 12.9. The molecule has 1 amide bonds. The standard InChI is InChI=1S/C35H47Cl2N2O3.ClH/c1-25-31(41-2)21-26(22-32(25)42-3)33(40)38-16-11-35(24-38,28-9-10-29(36)30(37)23-28)15-20-39-17-12-34(13-18-39,14-19-39)27-7-5-4-6-8-27;/h9-10,21-23,27H,4-8,11-20,24H2,1-3H3;1H/q+1;/p-1. The van der Waals surface area contributed by atoms with Gasteiger partial charge in [-0.15, -0.1) is 0 Å². The Kier molecular flexibility index (Phi) is 9.88. The molecule has 43 heavy (non-hydrogen) atoms. The molecule has 1 unspecified atom stereocenters. The van der Waals surface area contributed by atoms with Crippen molar-refractivity contribution in [3.63, 3.8) is 0 Å². The number of halogens is 3. The molecule has 0 aromatic heterocycles. The number of rotatable bonds is 8. The molecular weight excluding hydrogens is 603 g/mol. The second-order valence-corrected chi connectivity index (χ2v) is 14.6. The first kappa shape index (κ1) is 32.7. The van der Waals surface area contributed by atoms with Crippen LogP contribution >= 0.6 is 23.2 Å². The number of hydrogen-bond donors (Lipinski definition) is 0. The van der Waals surface area contributed by atoms with Gasteiger partial charge in [-0.3, -0.25) is 4.79 Å². The maximum absolute atomic E-state index is 13.9. The van der Waals surface area contributed by atoms with E-state index in [1.807, 2.05) is 30.0 Å². The largest absolute Gasteiger partial charge is 1.00 e. The van der Waals surface area contributed by atoms with Crippen molar-refractivity contribution in [2.24, 2.45) is 11.3 Å². The van der Waals surface area contributed by atoms with Crippen LogP contribution in [-0.4, -0.2) is 68.8 Å². The molecule has 5 fully saturated rings. The van der Waals surface area contributed by atoms with E-state index in [0.717, 1.165) is 30.9 Å². The average Bonchev–Trinajstić information content (AvgIpc) is 3.48. The van der Waals surface area contributed by atoms with Crippen LogP contribution in [0.4, 0.5) is 0 Å². The Bertz CT molecular complexity index is 1280. The highest BCUT2D eigenvalue weighted by Crippen LogP contribution is 2.54. The number of quaternary nitrogens is 1. The first-order chi connectivity index (χ1) is 20.2. The summed E-state index contributed by atoms with van der Waals surface area (Å²) in [4.78, 5) is 15.9. The molecule has 2 bridgehead atoms. The number of likely N-dealkylation sites (tertiary alicyclic amines) is 1. The molecular formula is C35H47Cl3N2O3. The number of amides is 1. The molecule has 0 spiro atoms. The lowest BCUT2D eigenvalue weighted by molar-refractivity contribution is -0.946. The molecule has 1 saturated carbocycles. The Labute approximate surface area is 274 Å². The number of methoxy groups -OCH3 is 2. The van der Waals surface area contributed by atoms with Crippen LogP contribution in [0.2, 0.25) is 10.0 Å². The fourth-order valence-electron chi connectivity index (χ4n) is 9.05. The summed E-state index contributed by atoms with van der Waals surface area (Å²) in [7, 11) is 3.27. The van der Waals surface area contributed by atoms with Crippen LogP contribution in [0.5, 0.6) is 11.5 Å². The summed E-state index contributed by atoms with van der Waals surface area (Å²) in [5.41, 5.74) is 3.18. The Morgan fingerprint density at radius 2 is 1.56 bits per heavy atom. The predicted octanol–water partition coefficient (Wildman–Crippen LogP) is 5.08. The van der Waals surface area contributed by atoms with E-state index in [0.29, 0.717) is 45.6 Å². The molecule has 5 aliphatic rings. The molecule has 7 rings (SSSR count). The number of ether oxygens (including phenoxy) is 2. The van der Waals surface area contributed by atoms with Gasteiger partial charge in [0.25, 0.3) is 5.91 Å². The van der Waals surface area contributed by atoms with Gasteiger partial charge in [-0.1, -0.05) is 48.5 Å². The van der Waals surface area contributed by atoms with Gasteiger partial charge in [-0.25, -0.2) is 0 Å². The maximum atomic E-state index is 13.9. The number of carbonyl (C=O) groups excluding carboxylic acids is 1. The Morgan fingerprint density at radius 1 is 0.930 bits per heavy atom. The van der Waals surface area contributed by atoms with Crippen LogP contribution < -0.4 is 21.9 Å².